The number of para-hydroxylation sites is 1. The first-order valence-corrected chi connectivity index (χ1v) is 18.1. The number of benzene rings is 1. The fraction of sp³-hybridized carbons (Fsp3) is 0.588. The second-order valence-corrected chi connectivity index (χ2v) is 17.0. The minimum Gasteiger partial charge on any atom is -0.465 e. The number of ether oxygens (including phenoxy) is 3. The van der Waals surface area contributed by atoms with Gasteiger partial charge in [0.05, 0.1) is 30.2 Å². The van der Waals surface area contributed by atoms with E-state index in [-0.39, 0.29) is 30.6 Å². The van der Waals surface area contributed by atoms with E-state index in [4.69, 9.17) is 14.2 Å². The lowest BCUT2D eigenvalue weighted by Crippen LogP contribution is -2.60. The number of anilines is 1. The van der Waals surface area contributed by atoms with E-state index in [1.807, 2.05) is 0 Å². The molecule has 0 bridgehead atoms. The zero-order valence-electron chi connectivity index (χ0n) is 29.9. The number of carbonyl (C=O) groups is 6. The molecule has 17 heteroatoms. The summed E-state index contributed by atoms with van der Waals surface area (Å²) in [6.45, 7) is 13.5. The summed E-state index contributed by atoms with van der Waals surface area (Å²) in [6.07, 6.45) is -0.796. The van der Waals surface area contributed by atoms with E-state index in [9.17, 15) is 37.2 Å². The minimum absolute atomic E-state index is 0.0622. The highest BCUT2D eigenvalue weighted by atomic mass is 32.2. The van der Waals surface area contributed by atoms with Crippen LogP contribution in [0.4, 0.5) is 15.3 Å². The highest BCUT2D eigenvalue weighted by Gasteiger charge is 2.62. The van der Waals surface area contributed by atoms with Crippen molar-refractivity contribution >= 4 is 51.6 Å². The van der Waals surface area contributed by atoms with Crippen LogP contribution in [0, 0.1) is 11.3 Å². The van der Waals surface area contributed by atoms with Crippen molar-refractivity contribution < 1.29 is 51.4 Å². The van der Waals surface area contributed by atoms with Crippen LogP contribution < -0.4 is 20.7 Å². The lowest BCUT2D eigenvalue weighted by molar-refractivity contribution is -0.143. The first kappa shape index (κ1) is 39.1. The Bertz CT molecular complexity index is 1700. The Balaban J connectivity index is 1.60. The number of nitrogens with one attached hydrogen (secondary N) is 4. The highest BCUT2D eigenvalue weighted by molar-refractivity contribution is 7.91. The van der Waals surface area contributed by atoms with Gasteiger partial charge in [0.25, 0.3) is 5.91 Å². The van der Waals surface area contributed by atoms with E-state index in [1.165, 1.54) is 25.3 Å². The Morgan fingerprint density at radius 3 is 2.22 bits per heavy atom. The average molecular weight is 734 g/mol. The van der Waals surface area contributed by atoms with Crippen LogP contribution >= 0.6 is 0 Å². The number of alkyl carbamates (subject to hydrolysis) is 1. The number of rotatable bonds is 11. The maximum absolute atomic E-state index is 14.3. The molecular weight excluding hydrogens is 686 g/mol. The van der Waals surface area contributed by atoms with Crippen LogP contribution in [-0.2, 0) is 38.6 Å². The number of sulfonamides is 1. The SMILES string of the molecule is C=CC1C[C@]1(NC(=O)[C@@H]1C[C@@H](OC(=O)Nc2ccccc2C(=O)OC)CN1C(=O)[C@@H](NC(=O)OC(C)(C)C)C(C)(C)C)C(=O)NS(=O)(=O)C1CC1. The van der Waals surface area contributed by atoms with Crippen LogP contribution in [0.25, 0.3) is 0 Å². The summed E-state index contributed by atoms with van der Waals surface area (Å²) < 4.78 is 43.1. The summed E-state index contributed by atoms with van der Waals surface area (Å²) in [6, 6.07) is 3.53. The van der Waals surface area contributed by atoms with Crippen molar-refractivity contribution in [2.75, 3.05) is 19.0 Å². The van der Waals surface area contributed by atoms with Gasteiger partial charge in [-0.25, -0.2) is 22.8 Å². The van der Waals surface area contributed by atoms with E-state index in [1.54, 1.807) is 53.7 Å². The number of methoxy groups -OCH3 is 1. The van der Waals surface area contributed by atoms with Gasteiger partial charge in [0.1, 0.15) is 29.3 Å². The smallest absolute Gasteiger partial charge is 0.411 e. The second kappa shape index (κ2) is 14.5. The van der Waals surface area contributed by atoms with Crippen molar-refractivity contribution in [3.63, 3.8) is 0 Å². The molecule has 2 saturated carbocycles. The van der Waals surface area contributed by atoms with Crippen LogP contribution in [-0.4, -0.2) is 97.4 Å². The van der Waals surface area contributed by atoms with Gasteiger partial charge in [-0.05, 0) is 57.6 Å². The zero-order valence-corrected chi connectivity index (χ0v) is 30.7. The largest absolute Gasteiger partial charge is 0.465 e. The third-order valence-electron chi connectivity index (χ3n) is 8.71. The lowest BCUT2D eigenvalue weighted by atomic mass is 9.85. The third-order valence-corrected chi connectivity index (χ3v) is 10.5. The Hall–Kier alpha value is -4.67. The Labute approximate surface area is 297 Å². The quantitative estimate of drug-likeness (QED) is 0.147. The van der Waals surface area contributed by atoms with Crippen molar-refractivity contribution in [1.82, 2.24) is 20.3 Å². The molecule has 0 spiro atoms. The summed E-state index contributed by atoms with van der Waals surface area (Å²) >= 11 is 0. The maximum Gasteiger partial charge on any atom is 0.411 e. The monoisotopic (exact) mass is 733 g/mol. The lowest BCUT2D eigenvalue weighted by Gasteiger charge is -2.36. The summed E-state index contributed by atoms with van der Waals surface area (Å²) in [5.74, 6) is -3.71. The van der Waals surface area contributed by atoms with Gasteiger partial charge in [0.15, 0.2) is 0 Å². The second-order valence-electron chi connectivity index (χ2n) is 15.1. The fourth-order valence-corrected chi connectivity index (χ4v) is 7.17. The Kier molecular flexibility index (Phi) is 11.1. The molecule has 4 N–H and O–H groups in total. The normalized spacial score (nSPS) is 23.6. The van der Waals surface area contributed by atoms with E-state index in [0.29, 0.717) is 12.8 Å². The van der Waals surface area contributed by atoms with E-state index in [2.05, 4.69) is 27.3 Å². The predicted molar refractivity (Wildman–Crippen MR) is 184 cm³/mol. The van der Waals surface area contributed by atoms with Gasteiger partial charge in [0, 0.05) is 12.3 Å². The number of amides is 5. The summed E-state index contributed by atoms with van der Waals surface area (Å²) in [4.78, 5) is 81.0. The van der Waals surface area contributed by atoms with Crippen molar-refractivity contribution in [3.8, 4) is 0 Å². The van der Waals surface area contributed by atoms with Crippen LogP contribution in [0.1, 0.15) is 77.6 Å². The number of carbonyl (C=O) groups excluding carboxylic acids is 6. The van der Waals surface area contributed by atoms with Crippen LogP contribution in [0.3, 0.4) is 0 Å². The minimum atomic E-state index is -3.95. The van der Waals surface area contributed by atoms with Gasteiger partial charge in [-0.1, -0.05) is 39.0 Å². The Morgan fingerprint density at radius 2 is 1.67 bits per heavy atom. The molecule has 3 fully saturated rings. The highest BCUT2D eigenvalue weighted by Crippen LogP contribution is 2.45. The third kappa shape index (κ3) is 9.36. The molecule has 1 aromatic carbocycles. The first-order chi connectivity index (χ1) is 23.6. The van der Waals surface area contributed by atoms with Gasteiger partial charge in [-0.2, -0.15) is 0 Å². The molecule has 1 heterocycles. The Morgan fingerprint density at radius 1 is 1.02 bits per heavy atom. The number of nitrogens with zero attached hydrogens (tertiary/aromatic N) is 1. The molecule has 51 heavy (non-hydrogen) atoms. The molecule has 2 aliphatic carbocycles. The number of esters is 1. The molecule has 3 aliphatic rings. The fourth-order valence-electron chi connectivity index (χ4n) is 5.80. The number of hydrogen-bond acceptors (Lipinski definition) is 11. The molecule has 1 unspecified atom stereocenters. The van der Waals surface area contributed by atoms with Crippen LogP contribution in [0.5, 0.6) is 0 Å². The van der Waals surface area contributed by atoms with Crippen molar-refractivity contribution in [3.05, 3.63) is 42.5 Å². The summed E-state index contributed by atoms with van der Waals surface area (Å²) in [7, 11) is -2.76. The zero-order chi connectivity index (χ0) is 38.1. The molecule has 4 rings (SSSR count). The van der Waals surface area contributed by atoms with E-state index < -0.39 is 91.8 Å². The molecule has 1 aliphatic heterocycles. The van der Waals surface area contributed by atoms with Gasteiger partial charge in [-0.3, -0.25) is 24.4 Å². The number of hydrogen-bond donors (Lipinski definition) is 4. The van der Waals surface area contributed by atoms with Gasteiger partial charge in [0.2, 0.25) is 21.8 Å². The van der Waals surface area contributed by atoms with Crippen LogP contribution in [0.15, 0.2) is 36.9 Å². The van der Waals surface area contributed by atoms with Gasteiger partial charge in [-0.15, -0.1) is 6.58 Å². The standard InChI is InChI=1S/C34H47N5O11S/c1-9-19-17-34(19,29(43)38-51(46,47)21-14-15-21)37-26(40)24-16-20(49-30(44)35-23-13-11-10-12-22(23)28(42)48-8)18-39(24)27(41)25(32(2,3)4)36-31(45)50-33(5,6)7/h9-13,19-21,24-25H,1,14-18H2,2-8H3,(H,35,44)(H,36,45)(H,37,40)(H,38,43)/t19?,20-,24+,25-,34-/m1/s1. The van der Waals surface area contributed by atoms with Gasteiger partial charge >= 0.3 is 18.2 Å². The molecule has 1 saturated heterocycles. The van der Waals surface area contributed by atoms with E-state index >= 15 is 0 Å². The molecule has 0 aromatic heterocycles. The van der Waals surface area contributed by atoms with Crippen molar-refractivity contribution in [2.24, 2.45) is 11.3 Å². The molecule has 16 nitrogen and oxygen atoms in total. The van der Waals surface area contributed by atoms with Crippen molar-refractivity contribution in [2.45, 2.75) is 102 Å². The molecule has 280 valence electrons. The summed E-state index contributed by atoms with van der Waals surface area (Å²) in [5, 5.41) is 7.07. The molecular formula is C34H47N5O11S. The maximum atomic E-state index is 14.3. The molecule has 0 radical (unpaired) electrons. The molecule has 1 aromatic rings. The summed E-state index contributed by atoms with van der Waals surface area (Å²) in [5.41, 5.74) is -3.25. The van der Waals surface area contributed by atoms with Crippen molar-refractivity contribution in [1.29, 1.82) is 0 Å². The molecule has 5 amide bonds. The number of likely N-dealkylation sites (tertiary alicyclic amines) is 1. The van der Waals surface area contributed by atoms with E-state index in [0.717, 1.165) is 4.90 Å². The predicted octanol–water partition coefficient (Wildman–Crippen LogP) is 2.60. The average Bonchev–Trinajstić information content (AvgIpc) is 3.95. The first-order valence-electron chi connectivity index (χ1n) is 16.6. The van der Waals surface area contributed by atoms with Gasteiger partial charge < -0.3 is 29.7 Å². The molecule has 5 atom stereocenters. The topological polar surface area (TPSA) is 216 Å². The van der Waals surface area contributed by atoms with Crippen LogP contribution in [0.2, 0.25) is 0 Å².